The van der Waals surface area contributed by atoms with Crippen molar-refractivity contribution in [2.75, 3.05) is 18.5 Å². The van der Waals surface area contributed by atoms with Gasteiger partial charge in [-0.2, -0.15) is 0 Å². The van der Waals surface area contributed by atoms with Gasteiger partial charge in [0.2, 0.25) is 0 Å². The van der Waals surface area contributed by atoms with Crippen LogP contribution in [0.15, 0.2) is 24.3 Å². The Kier molecular flexibility index (Phi) is 3.27. The van der Waals surface area contributed by atoms with Crippen molar-refractivity contribution in [2.45, 2.75) is 44.4 Å². The number of rotatable bonds is 2. The predicted molar refractivity (Wildman–Crippen MR) is 71.7 cm³/mol. The van der Waals surface area contributed by atoms with Gasteiger partial charge in [0, 0.05) is 24.6 Å². The molecule has 3 nitrogen and oxygen atoms in total. The van der Waals surface area contributed by atoms with E-state index in [2.05, 4.69) is 36.5 Å². The van der Waals surface area contributed by atoms with E-state index < -0.39 is 0 Å². The third kappa shape index (κ3) is 2.52. The van der Waals surface area contributed by atoms with Crippen LogP contribution in [-0.4, -0.2) is 25.0 Å². The van der Waals surface area contributed by atoms with Crippen LogP contribution in [0.3, 0.4) is 0 Å². The molecule has 0 atom stereocenters. The highest BCUT2D eigenvalue weighted by atomic mass is 16.7. The summed E-state index contributed by atoms with van der Waals surface area (Å²) in [7, 11) is 0. The highest BCUT2D eigenvalue weighted by Gasteiger charge is 2.40. The van der Waals surface area contributed by atoms with Gasteiger partial charge in [-0.25, -0.2) is 0 Å². The van der Waals surface area contributed by atoms with Gasteiger partial charge in [0.15, 0.2) is 5.79 Å². The van der Waals surface area contributed by atoms with E-state index in [1.54, 1.807) is 0 Å². The molecule has 0 amide bonds. The first-order valence-corrected chi connectivity index (χ1v) is 6.87. The molecular weight excluding hydrogens is 226 g/mol. The highest BCUT2D eigenvalue weighted by molar-refractivity contribution is 5.45. The van der Waals surface area contributed by atoms with E-state index in [4.69, 9.17) is 9.47 Å². The second kappa shape index (κ2) is 4.90. The first kappa shape index (κ1) is 12.0. The van der Waals surface area contributed by atoms with E-state index >= 15 is 0 Å². The van der Waals surface area contributed by atoms with Crippen molar-refractivity contribution in [1.82, 2.24) is 0 Å². The Morgan fingerprint density at radius 1 is 1.06 bits per heavy atom. The number of anilines is 1. The van der Waals surface area contributed by atoms with Gasteiger partial charge in [0.1, 0.15) is 0 Å². The predicted octanol–water partition coefficient (Wildman–Crippen LogP) is 3.09. The second-order valence-corrected chi connectivity index (χ2v) is 5.39. The third-order valence-electron chi connectivity index (χ3n) is 3.98. The molecule has 0 aromatic heterocycles. The third-order valence-corrected chi connectivity index (χ3v) is 3.98. The standard InChI is InChI=1S/C15H21NO2/c1-12-2-4-13(5-3-12)16-14-6-8-15(9-7-14)17-10-11-18-15/h2-5,14,16H,6-11H2,1H3. The maximum absolute atomic E-state index is 5.75. The van der Waals surface area contributed by atoms with Crippen LogP contribution in [0, 0.1) is 6.92 Å². The van der Waals surface area contributed by atoms with Gasteiger partial charge >= 0.3 is 0 Å². The maximum atomic E-state index is 5.75. The van der Waals surface area contributed by atoms with Crippen LogP contribution in [0.2, 0.25) is 0 Å². The molecule has 3 rings (SSSR count). The quantitative estimate of drug-likeness (QED) is 0.871. The summed E-state index contributed by atoms with van der Waals surface area (Å²) in [6, 6.07) is 9.15. The zero-order chi connectivity index (χ0) is 12.4. The number of nitrogens with one attached hydrogen (secondary N) is 1. The molecule has 1 spiro atoms. The minimum atomic E-state index is -0.245. The van der Waals surface area contributed by atoms with Crippen LogP contribution < -0.4 is 5.32 Å². The monoisotopic (exact) mass is 247 g/mol. The van der Waals surface area contributed by atoms with Crippen LogP contribution in [0.5, 0.6) is 0 Å². The second-order valence-electron chi connectivity index (χ2n) is 5.39. The van der Waals surface area contributed by atoms with Crippen molar-refractivity contribution in [3.05, 3.63) is 29.8 Å². The summed E-state index contributed by atoms with van der Waals surface area (Å²) in [5, 5.41) is 3.60. The molecule has 0 unspecified atom stereocenters. The fourth-order valence-corrected chi connectivity index (χ4v) is 2.87. The van der Waals surface area contributed by atoms with E-state index in [0.29, 0.717) is 6.04 Å². The van der Waals surface area contributed by atoms with Gasteiger partial charge in [-0.1, -0.05) is 17.7 Å². The van der Waals surface area contributed by atoms with Crippen LogP contribution in [0.4, 0.5) is 5.69 Å². The lowest BCUT2D eigenvalue weighted by Crippen LogP contribution is -2.39. The molecule has 1 aromatic carbocycles. The van der Waals surface area contributed by atoms with Gasteiger partial charge in [-0.15, -0.1) is 0 Å². The summed E-state index contributed by atoms with van der Waals surface area (Å²) in [5.41, 5.74) is 2.52. The molecule has 3 heteroatoms. The van der Waals surface area contributed by atoms with Gasteiger partial charge in [-0.05, 0) is 31.9 Å². The topological polar surface area (TPSA) is 30.5 Å². The largest absolute Gasteiger partial charge is 0.382 e. The molecule has 0 radical (unpaired) electrons. The number of hydrogen-bond donors (Lipinski definition) is 1. The molecule has 18 heavy (non-hydrogen) atoms. The normalized spacial score (nSPS) is 23.4. The van der Waals surface area contributed by atoms with Gasteiger partial charge in [0.25, 0.3) is 0 Å². The van der Waals surface area contributed by atoms with Crippen molar-refractivity contribution in [3.63, 3.8) is 0 Å². The smallest absolute Gasteiger partial charge is 0.168 e. The Morgan fingerprint density at radius 2 is 1.67 bits per heavy atom. The van der Waals surface area contributed by atoms with Crippen molar-refractivity contribution in [3.8, 4) is 0 Å². The maximum Gasteiger partial charge on any atom is 0.168 e. The molecule has 1 saturated carbocycles. The van der Waals surface area contributed by atoms with E-state index in [0.717, 1.165) is 38.9 Å². The molecular formula is C15H21NO2. The van der Waals surface area contributed by atoms with Gasteiger partial charge in [0.05, 0.1) is 13.2 Å². The van der Waals surface area contributed by atoms with Crippen molar-refractivity contribution in [2.24, 2.45) is 0 Å². The molecule has 1 N–H and O–H groups in total. The van der Waals surface area contributed by atoms with E-state index in [9.17, 15) is 0 Å². The van der Waals surface area contributed by atoms with Gasteiger partial charge < -0.3 is 14.8 Å². The van der Waals surface area contributed by atoms with Crippen LogP contribution in [-0.2, 0) is 9.47 Å². The molecule has 2 fully saturated rings. The first-order valence-electron chi connectivity index (χ1n) is 6.87. The molecule has 1 aliphatic carbocycles. The molecule has 1 saturated heterocycles. The fraction of sp³-hybridized carbons (Fsp3) is 0.600. The summed E-state index contributed by atoms with van der Waals surface area (Å²) >= 11 is 0. The van der Waals surface area contributed by atoms with Crippen molar-refractivity contribution >= 4 is 5.69 Å². The molecule has 1 aromatic rings. The Hall–Kier alpha value is -1.06. The summed E-state index contributed by atoms with van der Waals surface area (Å²) in [6.45, 7) is 3.63. The SMILES string of the molecule is Cc1ccc(NC2CCC3(CC2)OCCO3)cc1. The number of benzene rings is 1. The molecule has 2 aliphatic rings. The average Bonchev–Trinajstić information content (AvgIpc) is 2.84. The number of aryl methyl sites for hydroxylation is 1. The Labute approximate surface area is 108 Å². The number of ether oxygens (including phenoxy) is 2. The Balaban J connectivity index is 1.55. The Bertz CT molecular complexity index is 385. The summed E-state index contributed by atoms with van der Waals surface area (Å²) < 4.78 is 11.5. The minimum Gasteiger partial charge on any atom is -0.382 e. The van der Waals surface area contributed by atoms with Crippen LogP contribution in [0.25, 0.3) is 0 Å². The zero-order valence-electron chi connectivity index (χ0n) is 10.9. The zero-order valence-corrected chi connectivity index (χ0v) is 10.9. The van der Waals surface area contributed by atoms with Crippen molar-refractivity contribution in [1.29, 1.82) is 0 Å². The fourth-order valence-electron chi connectivity index (χ4n) is 2.87. The number of hydrogen-bond acceptors (Lipinski definition) is 3. The molecule has 98 valence electrons. The van der Waals surface area contributed by atoms with E-state index in [-0.39, 0.29) is 5.79 Å². The molecule has 1 heterocycles. The summed E-state index contributed by atoms with van der Waals surface area (Å²) in [5.74, 6) is -0.245. The van der Waals surface area contributed by atoms with E-state index in [1.165, 1.54) is 11.3 Å². The highest BCUT2D eigenvalue weighted by Crippen LogP contribution is 2.36. The van der Waals surface area contributed by atoms with Crippen LogP contribution in [0.1, 0.15) is 31.2 Å². The van der Waals surface area contributed by atoms with E-state index in [1.807, 2.05) is 0 Å². The molecule has 1 aliphatic heterocycles. The van der Waals surface area contributed by atoms with Crippen LogP contribution >= 0.6 is 0 Å². The lowest BCUT2D eigenvalue weighted by molar-refractivity contribution is -0.177. The minimum absolute atomic E-state index is 0.245. The van der Waals surface area contributed by atoms with Gasteiger partial charge in [-0.3, -0.25) is 0 Å². The summed E-state index contributed by atoms with van der Waals surface area (Å²) in [6.07, 6.45) is 4.26. The lowest BCUT2D eigenvalue weighted by atomic mass is 9.90. The van der Waals surface area contributed by atoms with Crippen molar-refractivity contribution < 1.29 is 9.47 Å². The molecule has 0 bridgehead atoms. The average molecular weight is 247 g/mol. The summed E-state index contributed by atoms with van der Waals surface area (Å²) in [4.78, 5) is 0. The lowest BCUT2D eigenvalue weighted by Gasteiger charge is -2.36. The Morgan fingerprint density at radius 3 is 2.28 bits per heavy atom. The first-order chi connectivity index (χ1) is 8.76.